The molecular formula is C17H29NOS. The Kier molecular flexibility index (Phi) is 5.27. The lowest BCUT2D eigenvalue weighted by molar-refractivity contribution is 0.0779. The van der Waals surface area contributed by atoms with E-state index in [-0.39, 0.29) is 5.41 Å². The summed E-state index contributed by atoms with van der Waals surface area (Å²) in [6.07, 6.45) is 2.71. The van der Waals surface area contributed by atoms with Gasteiger partial charge in [0.15, 0.2) is 0 Å². The second-order valence-corrected chi connectivity index (χ2v) is 7.87. The normalized spacial score (nSPS) is 25.1. The molecule has 20 heavy (non-hydrogen) atoms. The number of ether oxygens (including phenoxy) is 1. The van der Waals surface area contributed by atoms with Crippen molar-refractivity contribution in [3.8, 4) is 0 Å². The third kappa shape index (κ3) is 3.44. The first-order valence-electron chi connectivity index (χ1n) is 7.92. The van der Waals surface area contributed by atoms with E-state index in [0.717, 1.165) is 19.6 Å². The molecule has 1 aliphatic heterocycles. The van der Waals surface area contributed by atoms with Gasteiger partial charge in [0, 0.05) is 28.3 Å². The van der Waals surface area contributed by atoms with Crippen LogP contribution in [-0.2, 0) is 10.2 Å². The molecule has 1 aromatic rings. The van der Waals surface area contributed by atoms with Gasteiger partial charge >= 0.3 is 0 Å². The van der Waals surface area contributed by atoms with Crippen LogP contribution in [0.5, 0.6) is 0 Å². The van der Waals surface area contributed by atoms with E-state index < -0.39 is 0 Å². The van der Waals surface area contributed by atoms with E-state index >= 15 is 0 Å². The molecule has 2 rings (SSSR count). The highest BCUT2D eigenvalue weighted by Crippen LogP contribution is 2.39. The Hall–Kier alpha value is -0.380. The Balaban J connectivity index is 2.22. The Morgan fingerprint density at radius 3 is 2.65 bits per heavy atom. The molecule has 3 unspecified atom stereocenters. The highest BCUT2D eigenvalue weighted by Gasteiger charge is 2.35. The topological polar surface area (TPSA) is 21.3 Å². The lowest BCUT2D eigenvalue weighted by Crippen LogP contribution is -2.32. The van der Waals surface area contributed by atoms with E-state index in [1.165, 1.54) is 16.2 Å². The number of thiophene rings is 1. The van der Waals surface area contributed by atoms with Gasteiger partial charge < -0.3 is 10.1 Å². The number of rotatable bonds is 5. The fraction of sp³-hybridized carbons (Fsp3) is 0.765. The van der Waals surface area contributed by atoms with Crippen molar-refractivity contribution in [2.45, 2.75) is 65.0 Å². The minimum Gasteiger partial charge on any atom is -0.378 e. The summed E-state index contributed by atoms with van der Waals surface area (Å²) in [5.41, 5.74) is 0.246. The predicted molar refractivity (Wildman–Crippen MR) is 87.6 cm³/mol. The van der Waals surface area contributed by atoms with Crippen LogP contribution in [0.25, 0.3) is 0 Å². The van der Waals surface area contributed by atoms with Gasteiger partial charge in [0.2, 0.25) is 0 Å². The van der Waals surface area contributed by atoms with Crippen LogP contribution in [0.15, 0.2) is 12.1 Å². The molecule has 1 fully saturated rings. The van der Waals surface area contributed by atoms with Crippen molar-refractivity contribution in [3.05, 3.63) is 21.9 Å². The maximum atomic E-state index is 5.90. The maximum Gasteiger partial charge on any atom is 0.0620 e. The van der Waals surface area contributed by atoms with Crippen LogP contribution in [0.4, 0.5) is 0 Å². The van der Waals surface area contributed by atoms with Gasteiger partial charge in [-0.05, 0) is 36.9 Å². The highest BCUT2D eigenvalue weighted by atomic mass is 32.1. The van der Waals surface area contributed by atoms with Gasteiger partial charge in [-0.2, -0.15) is 0 Å². The van der Waals surface area contributed by atoms with E-state index in [1.54, 1.807) is 0 Å². The zero-order valence-electron chi connectivity index (χ0n) is 13.5. The van der Waals surface area contributed by atoms with Crippen molar-refractivity contribution >= 4 is 11.3 Å². The van der Waals surface area contributed by atoms with Crippen LogP contribution in [-0.4, -0.2) is 19.3 Å². The summed E-state index contributed by atoms with van der Waals surface area (Å²) < 4.78 is 5.90. The summed E-state index contributed by atoms with van der Waals surface area (Å²) >= 11 is 1.97. The molecule has 0 aliphatic carbocycles. The molecule has 1 saturated heterocycles. The van der Waals surface area contributed by atoms with E-state index in [0.29, 0.717) is 18.1 Å². The average molecular weight is 295 g/mol. The Labute approximate surface area is 127 Å². The molecule has 1 N–H and O–H groups in total. The monoisotopic (exact) mass is 295 g/mol. The lowest BCUT2D eigenvalue weighted by atomic mass is 9.90. The van der Waals surface area contributed by atoms with Crippen molar-refractivity contribution in [2.24, 2.45) is 5.92 Å². The summed E-state index contributed by atoms with van der Waals surface area (Å²) in [5.74, 6) is 0.617. The molecule has 0 spiro atoms. The zero-order valence-corrected chi connectivity index (χ0v) is 14.3. The molecule has 0 saturated carbocycles. The molecule has 114 valence electrons. The second kappa shape index (κ2) is 6.59. The van der Waals surface area contributed by atoms with Crippen molar-refractivity contribution in [1.29, 1.82) is 0 Å². The molecule has 2 heterocycles. The van der Waals surface area contributed by atoms with Crippen molar-refractivity contribution in [3.63, 3.8) is 0 Å². The Morgan fingerprint density at radius 2 is 2.10 bits per heavy atom. The lowest BCUT2D eigenvalue weighted by Gasteiger charge is -2.27. The van der Waals surface area contributed by atoms with Crippen LogP contribution in [0.2, 0.25) is 0 Å². The zero-order chi connectivity index (χ0) is 14.8. The smallest absolute Gasteiger partial charge is 0.0620 e. The molecule has 3 heteroatoms. The summed E-state index contributed by atoms with van der Waals surface area (Å²) in [6.45, 7) is 13.2. The third-order valence-corrected chi connectivity index (χ3v) is 5.78. The summed E-state index contributed by atoms with van der Waals surface area (Å²) in [4.78, 5) is 2.95. The molecule has 0 bridgehead atoms. The molecule has 0 aromatic carbocycles. The van der Waals surface area contributed by atoms with E-state index in [4.69, 9.17) is 4.74 Å². The molecule has 2 nitrogen and oxygen atoms in total. The first-order chi connectivity index (χ1) is 9.47. The van der Waals surface area contributed by atoms with Gasteiger partial charge in [0.05, 0.1) is 6.10 Å². The van der Waals surface area contributed by atoms with Gasteiger partial charge in [-0.1, -0.05) is 34.6 Å². The van der Waals surface area contributed by atoms with Gasteiger partial charge in [-0.15, -0.1) is 11.3 Å². The SMILES string of the molecule is CCNC(c1ccc(C(C)(C)C)s1)C1CCOC1CC. The van der Waals surface area contributed by atoms with E-state index in [9.17, 15) is 0 Å². The first kappa shape index (κ1) is 16.0. The largest absolute Gasteiger partial charge is 0.378 e. The van der Waals surface area contributed by atoms with E-state index in [2.05, 4.69) is 52.1 Å². The van der Waals surface area contributed by atoms with Crippen molar-refractivity contribution in [2.75, 3.05) is 13.2 Å². The predicted octanol–water partition coefficient (Wildman–Crippen LogP) is 4.51. The van der Waals surface area contributed by atoms with Crippen LogP contribution >= 0.6 is 11.3 Å². The standard InChI is InChI=1S/C17H29NOS/c1-6-13-12(10-11-19-13)16(18-7-2)14-8-9-15(20-14)17(3,4)5/h8-9,12-13,16,18H,6-7,10-11H2,1-5H3. The summed E-state index contributed by atoms with van der Waals surface area (Å²) in [5, 5.41) is 3.70. The van der Waals surface area contributed by atoms with Crippen LogP contribution < -0.4 is 5.32 Å². The number of hydrogen-bond acceptors (Lipinski definition) is 3. The van der Waals surface area contributed by atoms with Crippen molar-refractivity contribution in [1.82, 2.24) is 5.32 Å². The molecule has 1 aromatic heterocycles. The molecule has 1 aliphatic rings. The average Bonchev–Trinajstić information content (AvgIpc) is 3.04. The molecular weight excluding hydrogens is 266 g/mol. The van der Waals surface area contributed by atoms with Gasteiger partial charge in [0.1, 0.15) is 0 Å². The van der Waals surface area contributed by atoms with Crippen molar-refractivity contribution < 1.29 is 4.74 Å². The minimum absolute atomic E-state index is 0.246. The van der Waals surface area contributed by atoms with Crippen LogP contribution in [0, 0.1) is 5.92 Å². The second-order valence-electron chi connectivity index (χ2n) is 6.76. The molecule has 0 amide bonds. The fourth-order valence-corrected chi connectivity index (χ4v) is 4.29. The third-order valence-electron chi connectivity index (χ3n) is 4.19. The Morgan fingerprint density at radius 1 is 1.35 bits per heavy atom. The van der Waals surface area contributed by atoms with Crippen LogP contribution in [0.1, 0.15) is 63.3 Å². The minimum atomic E-state index is 0.246. The van der Waals surface area contributed by atoms with Gasteiger partial charge in [-0.3, -0.25) is 0 Å². The summed E-state index contributed by atoms with van der Waals surface area (Å²) in [6, 6.07) is 5.08. The quantitative estimate of drug-likeness (QED) is 0.863. The highest BCUT2D eigenvalue weighted by molar-refractivity contribution is 7.12. The number of hydrogen-bond donors (Lipinski definition) is 1. The number of nitrogens with one attached hydrogen (secondary N) is 1. The van der Waals surface area contributed by atoms with Gasteiger partial charge in [-0.25, -0.2) is 0 Å². The van der Waals surface area contributed by atoms with Gasteiger partial charge in [0.25, 0.3) is 0 Å². The molecule has 3 atom stereocenters. The van der Waals surface area contributed by atoms with E-state index in [1.807, 2.05) is 11.3 Å². The van der Waals surface area contributed by atoms with Crippen LogP contribution in [0.3, 0.4) is 0 Å². The first-order valence-corrected chi connectivity index (χ1v) is 8.74. The maximum absolute atomic E-state index is 5.90. The molecule has 0 radical (unpaired) electrons. The Bertz CT molecular complexity index is 421. The summed E-state index contributed by atoms with van der Waals surface area (Å²) in [7, 11) is 0. The fourth-order valence-electron chi connectivity index (χ4n) is 3.07.